The second-order valence-corrected chi connectivity index (χ2v) is 4.36. The van der Waals surface area contributed by atoms with Crippen LogP contribution in [0.1, 0.15) is 11.5 Å². The van der Waals surface area contributed by atoms with Crippen LogP contribution in [0.25, 0.3) is 0 Å². The standard InChI is InChI=1S/C15H14FN3O2/c16-11-6-8-12(9-7-11)18-15(20)13(14(17)19-21)10-4-2-1-3-5-10/h1-9,13,21H,(H2,17,19)(H,18,20). The molecule has 1 unspecified atom stereocenters. The third kappa shape index (κ3) is 3.56. The summed E-state index contributed by atoms with van der Waals surface area (Å²) >= 11 is 0. The minimum absolute atomic E-state index is 0.221. The summed E-state index contributed by atoms with van der Waals surface area (Å²) in [6.07, 6.45) is 0. The van der Waals surface area contributed by atoms with Crippen molar-refractivity contribution in [1.29, 1.82) is 0 Å². The molecule has 108 valence electrons. The van der Waals surface area contributed by atoms with Gasteiger partial charge in [-0.3, -0.25) is 4.79 Å². The molecule has 21 heavy (non-hydrogen) atoms. The lowest BCUT2D eigenvalue weighted by Gasteiger charge is -2.15. The number of rotatable bonds is 4. The Morgan fingerprint density at radius 3 is 2.33 bits per heavy atom. The first-order valence-corrected chi connectivity index (χ1v) is 6.20. The van der Waals surface area contributed by atoms with Crippen LogP contribution in [0.15, 0.2) is 59.8 Å². The number of nitrogens with two attached hydrogens (primary N) is 1. The van der Waals surface area contributed by atoms with Crippen LogP contribution >= 0.6 is 0 Å². The van der Waals surface area contributed by atoms with Gasteiger partial charge in [0.1, 0.15) is 11.7 Å². The third-order valence-electron chi connectivity index (χ3n) is 2.92. The van der Waals surface area contributed by atoms with Crippen molar-refractivity contribution in [3.05, 3.63) is 66.0 Å². The first-order valence-electron chi connectivity index (χ1n) is 6.20. The fraction of sp³-hybridized carbons (Fsp3) is 0.0667. The summed E-state index contributed by atoms with van der Waals surface area (Å²) in [5.41, 5.74) is 6.62. The number of nitrogens with zero attached hydrogens (tertiary/aromatic N) is 1. The van der Waals surface area contributed by atoms with Gasteiger partial charge in [0.25, 0.3) is 0 Å². The summed E-state index contributed by atoms with van der Waals surface area (Å²) in [6, 6.07) is 14.0. The molecule has 0 fully saturated rings. The maximum atomic E-state index is 12.8. The van der Waals surface area contributed by atoms with Gasteiger partial charge in [-0.05, 0) is 29.8 Å². The van der Waals surface area contributed by atoms with Gasteiger partial charge >= 0.3 is 0 Å². The van der Waals surface area contributed by atoms with E-state index in [4.69, 9.17) is 10.9 Å². The van der Waals surface area contributed by atoms with E-state index in [1.54, 1.807) is 30.3 Å². The summed E-state index contributed by atoms with van der Waals surface area (Å²) < 4.78 is 12.8. The van der Waals surface area contributed by atoms with Crippen LogP contribution in [0, 0.1) is 5.82 Å². The number of amides is 1. The molecular formula is C15H14FN3O2. The van der Waals surface area contributed by atoms with Crippen molar-refractivity contribution in [3.63, 3.8) is 0 Å². The zero-order chi connectivity index (χ0) is 15.2. The number of halogens is 1. The van der Waals surface area contributed by atoms with Crippen molar-refractivity contribution in [1.82, 2.24) is 0 Å². The normalized spacial score (nSPS) is 12.7. The Bertz CT molecular complexity index is 642. The van der Waals surface area contributed by atoms with Gasteiger partial charge < -0.3 is 16.3 Å². The Morgan fingerprint density at radius 1 is 1.14 bits per heavy atom. The fourth-order valence-electron chi connectivity index (χ4n) is 1.91. The predicted octanol–water partition coefficient (Wildman–Crippen LogP) is 2.29. The summed E-state index contributed by atoms with van der Waals surface area (Å²) in [6.45, 7) is 0. The minimum Gasteiger partial charge on any atom is -0.409 e. The van der Waals surface area contributed by atoms with Crippen LogP contribution in [-0.2, 0) is 4.79 Å². The molecule has 1 atom stereocenters. The molecule has 0 bridgehead atoms. The van der Waals surface area contributed by atoms with Gasteiger partial charge in [0.2, 0.25) is 5.91 Å². The van der Waals surface area contributed by atoms with Gasteiger partial charge in [-0.15, -0.1) is 0 Å². The van der Waals surface area contributed by atoms with Gasteiger partial charge in [0.05, 0.1) is 0 Å². The zero-order valence-electron chi connectivity index (χ0n) is 11.0. The number of oxime groups is 1. The van der Waals surface area contributed by atoms with Gasteiger partial charge in [0.15, 0.2) is 5.84 Å². The minimum atomic E-state index is -0.929. The molecule has 6 heteroatoms. The molecule has 4 N–H and O–H groups in total. The van der Waals surface area contributed by atoms with Gasteiger partial charge in [-0.2, -0.15) is 0 Å². The van der Waals surface area contributed by atoms with E-state index in [-0.39, 0.29) is 5.84 Å². The average Bonchev–Trinajstić information content (AvgIpc) is 2.50. The highest BCUT2D eigenvalue weighted by molar-refractivity contribution is 6.12. The number of nitrogens with one attached hydrogen (secondary N) is 1. The summed E-state index contributed by atoms with van der Waals surface area (Å²) in [4.78, 5) is 12.3. The molecule has 0 aliphatic rings. The van der Waals surface area contributed by atoms with Crippen LogP contribution in [0.3, 0.4) is 0 Å². The van der Waals surface area contributed by atoms with Crippen LogP contribution in [-0.4, -0.2) is 17.0 Å². The SMILES string of the molecule is NC(=NO)C(C(=O)Nc1ccc(F)cc1)c1ccccc1. The quantitative estimate of drug-likeness (QED) is 0.349. The molecule has 2 aromatic rings. The summed E-state index contributed by atoms with van der Waals surface area (Å²) in [5.74, 6) is -2.02. The number of hydrogen-bond acceptors (Lipinski definition) is 3. The van der Waals surface area contributed by atoms with Crippen LogP contribution in [0.5, 0.6) is 0 Å². The number of benzene rings is 2. The van der Waals surface area contributed by atoms with E-state index in [0.29, 0.717) is 11.3 Å². The maximum absolute atomic E-state index is 12.8. The summed E-state index contributed by atoms with van der Waals surface area (Å²) in [7, 11) is 0. The van der Waals surface area contributed by atoms with Crippen molar-refractivity contribution < 1.29 is 14.4 Å². The van der Waals surface area contributed by atoms with Gasteiger partial charge in [0, 0.05) is 5.69 Å². The molecular weight excluding hydrogens is 273 g/mol. The van der Waals surface area contributed by atoms with Gasteiger partial charge in [-0.1, -0.05) is 35.5 Å². The molecule has 2 rings (SSSR count). The van der Waals surface area contributed by atoms with E-state index < -0.39 is 17.6 Å². The maximum Gasteiger partial charge on any atom is 0.239 e. The number of amidine groups is 1. The van der Waals surface area contributed by atoms with Crippen LogP contribution < -0.4 is 11.1 Å². The molecule has 0 saturated heterocycles. The first-order chi connectivity index (χ1) is 10.1. The Balaban J connectivity index is 2.25. The largest absolute Gasteiger partial charge is 0.409 e. The summed E-state index contributed by atoms with van der Waals surface area (Å²) in [5, 5.41) is 14.4. The Labute approximate surface area is 120 Å². The van der Waals surface area contributed by atoms with Crippen molar-refractivity contribution in [3.8, 4) is 0 Å². The highest BCUT2D eigenvalue weighted by atomic mass is 19.1. The van der Waals surface area contributed by atoms with Crippen molar-refractivity contribution >= 4 is 17.4 Å². The second-order valence-electron chi connectivity index (χ2n) is 4.36. The number of anilines is 1. The van der Waals surface area contributed by atoms with E-state index in [1.165, 1.54) is 24.3 Å². The zero-order valence-corrected chi connectivity index (χ0v) is 11.0. The van der Waals surface area contributed by atoms with Gasteiger partial charge in [-0.25, -0.2) is 4.39 Å². The third-order valence-corrected chi connectivity index (χ3v) is 2.92. The molecule has 5 nitrogen and oxygen atoms in total. The van der Waals surface area contributed by atoms with E-state index in [9.17, 15) is 9.18 Å². The second kappa shape index (κ2) is 6.51. The molecule has 0 aliphatic carbocycles. The molecule has 0 spiro atoms. The highest BCUT2D eigenvalue weighted by Gasteiger charge is 2.25. The van der Waals surface area contributed by atoms with Crippen molar-refractivity contribution in [2.75, 3.05) is 5.32 Å². The van der Waals surface area contributed by atoms with E-state index >= 15 is 0 Å². The Kier molecular flexibility index (Phi) is 4.50. The van der Waals surface area contributed by atoms with Crippen LogP contribution in [0.2, 0.25) is 0 Å². The molecule has 0 aromatic heterocycles. The lowest BCUT2D eigenvalue weighted by Crippen LogP contribution is -2.32. The fourth-order valence-corrected chi connectivity index (χ4v) is 1.91. The lowest BCUT2D eigenvalue weighted by molar-refractivity contribution is -0.116. The molecule has 2 aromatic carbocycles. The van der Waals surface area contributed by atoms with Crippen molar-refractivity contribution in [2.24, 2.45) is 10.9 Å². The highest BCUT2D eigenvalue weighted by Crippen LogP contribution is 2.19. The topological polar surface area (TPSA) is 87.7 Å². The molecule has 0 radical (unpaired) electrons. The molecule has 0 aliphatic heterocycles. The molecule has 0 heterocycles. The first kappa shape index (κ1) is 14.5. The molecule has 0 saturated carbocycles. The van der Waals surface area contributed by atoms with E-state index in [2.05, 4.69) is 10.5 Å². The predicted molar refractivity (Wildman–Crippen MR) is 77.6 cm³/mol. The Morgan fingerprint density at radius 2 is 1.76 bits per heavy atom. The Hall–Kier alpha value is -2.89. The number of carbonyl (C=O) groups is 1. The van der Waals surface area contributed by atoms with E-state index in [0.717, 1.165) is 0 Å². The van der Waals surface area contributed by atoms with Crippen molar-refractivity contribution in [2.45, 2.75) is 5.92 Å². The number of carbonyl (C=O) groups excluding carboxylic acids is 1. The van der Waals surface area contributed by atoms with E-state index in [1.807, 2.05) is 0 Å². The van der Waals surface area contributed by atoms with Crippen LogP contribution in [0.4, 0.5) is 10.1 Å². The lowest BCUT2D eigenvalue weighted by atomic mass is 9.97. The average molecular weight is 287 g/mol. The smallest absolute Gasteiger partial charge is 0.239 e. The molecule has 1 amide bonds. The monoisotopic (exact) mass is 287 g/mol. The number of hydrogen-bond donors (Lipinski definition) is 3.